The van der Waals surface area contributed by atoms with Crippen LogP contribution in [0.4, 0.5) is 0 Å². The van der Waals surface area contributed by atoms with E-state index in [1.165, 1.54) is 58.0 Å². The van der Waals surface area contributed by atoms with Gasteiger partial charge in [0.05, 0.1) is 0 Å². The molecule has 1 heterocycles. The van der Waals surface area contributed by atoms with Gasteiger partial charge in [-0.15, -0.1) is 0 Å². The topological polar surface area (TPSA) is 24.1 Å². The van der Waals surface area contributed by atoms with Crippen molar-refractivity contribution in [2.75, 3.05) is 13.1 Å². The Labute approximate surface area is 87.8 Å². The zero-order valence-corrected chi connectivity index (χ0v) is 9.44. The summed E-state index contributed by atoms with van der Waals surface area (Å²) in [5.74, 6) is 0. The Morgan fingerprint density at radius 3 is 2.64 bits per heavy atom. The molecular weight excluding hydrogens is 172 g/mol. The maximum atomic E-state index is 3.75. The van der Waals surface area contributed by atoms with Gasteiger partial charge in [-0.1, -0.05) is 19.8 Å². The normalized spacial score (nSPS) is 34.1. The second-order valence-corrected chi connectivity index (χ2v) is 5.03. The summed E-state index contributed by atoms with van der Waals surface area (Å²) in [6.07, 6.45) is 9.67. The van der Waals surface area contributed by atoms with Gasteiger partial charge in [0.2, 0.25) is 0 Å². The highest BCUT2D eigenvalue weighted by molar-refractivity contribution is 4.94. The Morgan fingerprint density at radius 2 is 2.07 bits per heavy atom. The first-order valence-corrected chi connectivity index (χ1v) is 6.33. The van der Waals surface area contributed by atoms with Gasteiger partial charge in [0.1, 0.15) is 0 Å². The first-order valence-electron chi connectivity index (χ1n) is 6.33. The molecule has 0 amide bonds. The minimum Gasteiger partial charge on any atom is -0.312 e. The molecule has 2 rings (SSSR count). The maximum Gasteiger partial charge on any atom is 0.0304 e. The number of hydrogen-bond donors (Lipinski definition) is 2. The molecule has 2 fully saturated rings. The van der Waals surface area contributed by atoms with Crippen LogP contribution in [0.15, 0.2) is 0 Å². The van der Waals surface area contributed by atoms with E-state index in [4.69, 9.17) is 0 Å². The second kappa shape index (κ2) is 4.63. The number of rotatable bonds is 4. The first-order chi connectivity index (χ1) is 6.85. The summed E-state index contributed by atoms with van der Waals surface area (Å²) in [7, 11) is 0. The fourth-order valence-electron chi connectivity index (χ4n) is 2.92. The minimum absolute atomic E-state index is 0.433. The van der Waals surface area contributed by atoms with Gasteiger partial charge < -0.3 is 10.6 Å². The summed E-state index contributed by atoms with van der Waals surface area (Å²) in [6, 6.07) is 0.820. The van der Waals surface area contributed by atoms with Crippen LogP contribution in [-0.2, 0) is 0 Å². The molecule has 0 aromatic carbocycles. The van der Waals surface area contributed by atoms with Crippen molar-refractivity contribution in [2.45, 2.75) is 63.5 Å². The fourth-order valence-corrected chi connectivity index (χ4v) is 2.92. The van der Waals surface area contributed by atoms with Crippen molar-refractivity contribution in [3.05, 3.63) is 0 Å². The van der Waals surface area contributed by atoms with Crippen LogP contribution in [0.1, 0.15) is 51.9 Å². The van der Waals surface area contributed by atoms with Crippen molar-refractivity contribution in [1.29, 1.82) is 0 Å². The van der Waals surface area contributed by atoms with E-state index in [2.05, 4.69) is 17.6 Å². The van der Waals surface area contributed by atoms with E-state index >= 15 is 0 Å². The second-order valence-electron chi connectivity index (χ2n) is 5.03. The van der Waals surface area contributed by atoms with Gasteiger partial charge in [0, 0.05) is 18.1 Å². The van der Waals surface area contributed by atoms with Crippen molar-refractivity contribution in [3.8, 4) is 0 Å². The molecule has 1 unspecified atom stereocenters. The van der Waals surface area contributed by atoms with E-state index in [1.54, 1.807) is 0 Å². The summed E-state index contributed by atoms with van der Waals surface area (Å²) in [5.41, 5.74) is 0.433. The molecule has 2 aliphatic rings. The molecule has 1 aliphatic heterocycles. The van der Waals surface area contributed by atoms with Gasteiger partial charge in [-0.05, 0) is 38.6 Å². The van der Waals surface area contributed by atoms with E-state index in [-0.39, 0.29) is 0 Å². The molecule has 14 heavy (non-hydrogen) atoms. The molecule has 82 valence electrons. The van der Waals surface area contributed by atoms with Gasteiger partial charge in [-0.2, -0.15) is 0 Å². The van der Waals surface area contributed by atoms with E-state index < -0.39 is 0 Å². The lowest BCUT2D eigenvalue weighted by Crippen LogP contribution is -2.49. The van der Waals surface area contributed by atoms with Crippen molar-refractivity contribution >= 4 is 0 Å². The van der Waals surface area contributed by atoms with E-state index in [9.17, 15) is 0 Å². The highest BCUT2D eigenvalue weighted by Crippen LogP contribution is 2.24. The lowest BCUT2D eigenvalue weighted by molar-refractivity contribution is 0.322. The van der Waals surface area contributed by atoms with Crippen LogP contribution < -0.4 is 10.6 Å². The van der Waals surface area contributed by atoms with Gasteiger partial charge in [-0.3, -0.25) is 0 Å². The Balaban J connectivity index is 1.76. The largest absolute Gasteiger partial charge is 0.312 e. The molecular formula is C12H24N2. The Kier molecular flexibility index (Phi) is 3.45. The van der Waals surface area contributed by atoms with E-state index in [0.29, 0.717) is 5.54 Å². The van der Waals surface area contributed by atoms with Crippen molar-refractivity contribution in [1.82, 2.24) is 10.6 Å². The van der Waals surface area contributed by atoms with Gasteiger partial charge in [0.25, 0.3) is 0 Å². The summed E-state index contributed by atoms with van der Waals surface area (Å²) < 4.78 is 0. The molecule has 0 radical (unpaired) electrons. The SMILES string of the molecule is CCC1(CNC2CCCC2)CCCN1. The Bertz CT molecular complexity index is 167. The third kappa shape index (κ3) is 2.29. The van der Waals surface area contributed by atoms with Crippen LogP contribution in [0.2, 0.25) is 0 Å². The van der Waals surface area contributed by atoms with Crippen LogP contribution in [0.3, 0.4) is 0 Å². The van der Waals surface area contributed by atoms with Crippen LogP contribution in [0.25, 0.3) is 0 Å². The predicted molar refractivity (Wildman–Crippen MR) is 60.5 cm³/mol. The van der Waals surface area contributed by atoms with Gasteiger partial charge >= 0.3 is 0 Å². The maximum absolute atomic E-state index is 3.75. The Morgan fingerprint density at radius 1 is 1.29 bits per heavy atom. The monoisotopic (exact) mass is 196 g/mol. The molecule has 1 atom stereocenters. The molecule has 0 spiro atoms. The fraction of sp³-hybridized carbons (Fsp3) is 1.00. The zero-order valence-electron chi connectivity index (χ0n) is 9.44. The smallest absolute Gasteiger partial charge is 0.0304 e. The molecule has 0 aromatic heterocycles. The average molecular weight is 196 g/mol. The number of nitrogens with one attached hydrogen (secondary N) is 2. The molecule has 0 aromatic rings. The first kappa shape index (κ1) is 10.4. The van der Waals surface area contributed by atoms with Gasteiger partial charge in [0.15, 0.2) is 0 Å². The summed E-state index contributed by atoms with van der Waals surface area (Å²) in [5, 5.41) is 7.43. The van der Waals surface area contributed by atoms with Crippen LogP contribution in [0.5, 0.6) is 0 Å². The standard InChI is InChI=1S/C12H24N2/c1-2-12(8-5-9-14-12)10-13-11-6-3-4-7-11/h11,13-14H,2-10H2,1H3. The molecule has 1 saturated carbocycles. The van der Waals surface area contributed by atoms with Gasteiger partial charge in [-0.25, -0.2) is 0 Å². The minimum atomic E-state index is 0.433. The van der Waals surface area contributed by atoms with Crippen molar-refractivity contribution in [2.24, 2.45) is 0 Å². The molecule has 2 N–H and O–H groups in total. The predicted octanol–water partition coefficient (Wildman–Crippen LogP) is 2.05. The third-order valence-electron chi connectivity index (χ3n) is 4.09. The highest BCUT2D eigenvalue weighted by Gasteiger charge is 2.31. The summed E-state index contributed by atoms with van der Waals surface area (Å²) in [6.45, 7) is 4.73. The van der Waals surface area contributed by atoms with E-state index in [1.807, 2.05) is 0 Å². The molecule has 2 heteroatoms. The quantitative estimate of drug-likeness (QED) is 0.719. The van der Waals surface area contributed by atoms with Crippen LogP contribution >= 0.6 is 0 Å². The molecule has 0 bridgehead atoms. The summed E-state index contributed by atoms with van der Waals surface area (Å²) >= 11 is 0. The lowest BCUT2D eigenvalue weighted by atomic mass is 9.94. The molecule has 2 nitrogen and oxygen atoms in total. The average Bonchev–Trinajstić information content (AvgIpc) is 2.87. The zero-order chi connectivity index (χ0) is 9.86. The lowest BCUT2D eigenvalue weighted by Gasteiger charge is -2.30. The highest BCUT2D eigenvalue weighted by atomic mass is 15.1. The van der Waals surface area contributed by atoms with Crippen molar-refractivity contribution in [3.63, 3.8) is 0 Å². The van der Waals surface area contributed by atoms with Crippen LogP contribution in [-0.4, -0.2) is 24.7 Å². The third-order valence-corrected chi connectivity index (χ3v) is 4.09. The van der Waals surface area contributed by atoms with Crippen molar-refractivity contribution < 1.29 is 0 Å². The molecule has 1 saturated heterocycles. The van der Waals surface area contributed by atoms with E-state index in [0.717, 1.165) is 6.04 Å². The molecule has 1 aliphatic carbocycles. The summed E-state index contributed by atoms with van der Waals surface area (Å²) in [4.78, 5) is 0. The number of hydrogen-bond acceptors (Lipinski definition) is 2. The Hall–Kier alpha value is -0.0800. The van der Waals surface area contributed by atoms with Crippen LogP contribution in [0, 0.1) is 0 Å².